The highest BCUT2D eigenvalue weighted by Crippen LogP contribution is 2.03. The summed E-state index contributed by atoms with van der Waals surface area (Å²) >= 11 is 0. The second-order valence-corrected chi connectivity index (χ2v) is 5.00. The van der Waals surface area contributed by atoms with Gasteiger partial charge in [-0.05, 0) is 13.0 Å². The van der Waals surface area contributed by atoms with Crippen LogP contribution in [0, 0.1) is 0 Å². The number of likely N-dealkylation sites (N-methyl/N-ethyl adjacent to an activating group) is 1. The van der Waals surface area contributed by atoms with E-state index < -0.39 is 10.0 Å². The van der Waals surface area contributed by atoms with Crippen LogP contribution in [0.3, 0.4) is 0 Å². The minimum absolute atomic E-state index is 0.286. The molecule has 5 heteroatoms. The highest BCUT2D eigenvalue weighted by Gasteiger charge is 2.20. The van der Waals surface area contributed by atoms with Gasteiger partial charge < -0.3 is 5.32 Å². The quantitative estimate of drug-likeness (QED) is 0.617. The Bertz CT molecular complexity index is 226. The molecule has 1 fully saturated rings. The summed E-state index contributed by atoms with van der Waals surface area (Å²) in [6, 6.07) is 0. The molecule has 0 aromatic carbocycles. The fraction of sp³-hybridized carbons (Fsp3) is 1.00. The molecular formula is C7H16N2O2S. The first-order valence-corrected chi connectivity index (χ1v) is 5.96. The topological polar surface area (TPSA) is 49.4 Å². The van der Waals surface area contributed by atoms with Gasteiger partial charge in [-0.1, -0.05) is 6.92 Å². The lowest BCUT2D eigenvalue weighted by atomic mass is 10.4. The van der Waals surface area contributed by atoms with Crippen molar-refractivity contribution < 1.29 is 8.42 Å². The third-order valence-corrected chi connectivity index (χ3v) is 4.07. The van der Waals surface area contributed by atoms with Crippen LogP contribution in [-0.4, -0.2) is 44.7 Å². The van der Waals surface area contributed by atoms with Gasteiger partial charge in [0.25, 0.3) is 0 Å². The van der Waals surface area contributed by atoms with Gasteiger partial charge >= 0.3 is 0 Å². The maximum Gasteiger partial charge on any atom is 0.214 e. The average molecular weight is 192 g/mol. The van der Waals surface area contributed by atoms with E-state index in [1.54, 1.807) is 4.31 Å². The molecule has 0 unspecified atom stereocenters. The van der Waals surface area contributed by atoms with Crippen LogP contribution >= 0.6 is 0 Å². The summed E-state index contributed by atoms with van der Waals surface area (Å²) in [5, 5.41) is 3.18. The Morgan fingerprint density at radius 1 is 1.42 bits per heavy atom. The van der Waals surface area contributed by atoms with E-state index in [1.807, 2.05) is 6.92 Å². The van der Waals surface area contributed by atoms with E-state index in [0.717, 1.165) is 19.5 Å². The van der Waals surface area contributed by atoms with Crippen molar-refractivity contribution in [2.75, 3.05) is 31.9 Å². The largest absolute Gasteiger partial charge is 0.315 e. The smallest absolute Gasteiger partial charge is 0.214 e. The maximum absolute atomic E-state index is 11.5. The zero-order chi connectivity index (χ0) is 9.03. The first kappa shape index (κ1) is 9.95. The molecule has 0 aliphatic carbocycles. The van der Waals surface area contributed by atoms with E-state index >= 15 is 0 Å². The number of sulfonamides is 1. The monoisotopic (exact) mass is 192 g/mol. The fourth-order valence-electron chi connectivity index (χ4n) is 1.33. The van der Waals surface area contributed by atoms with Crippen LogP contribution in [0.4, 0.5) is 0 Å². The third kappa shape index (κ3) is 2.43. The van der Waals surface area contributed by atoms with E-state index in [4.69, 9.17) is 0 Å². The van der Waals surface area contributed by atoms with Crippen LogP contribution in [0.15, 0.2) is 0 Å². The van der Waals surface area contributed by atoms with Gasteiger partial charge in [-0.2, -0.15) is 0 Å². The van der Waals surface area contributed by atoms with Crippen LogP contribution in [-0.2, 0) is 10.0 Å². The molecule has 0 atom stereocenters. The molecule has 1 saturated heterocycles. The molecule has 0 aromatic heterocycles. The van der Waals surface area contributed by atoms with E-state index in [1.165, 1.54) is 0 Å². The minimum Gasteiger partial charge on any atom is -0.315 e. The Morgan fingerprint density at radius 2 is 2.17 bits per heavy atom. The summed E-state index contributed by atoms with van der Waals surface area (Å²) < 4.78 is 24.5. The first-order chi connectivity index (χ1) is 5.67. The predicted octanol–water partition coefficient (Wildman–Crippen LogP) is -0.369. The Labute approximate surface area is 74.0 Å². The normalized spacial score (nSPS) is 26.1. The summed E-state index contributed by atoms with van der Waals surface area (Å²) in [7, 11) is -2.94. The van der Waals surface area contributed by atoms with Gasteiger partial charge in [0.1, 0.15) is 0 Å². The molecule has 0 bridgehead atoms. The van der Waals surface area contributed by atoms with Crippen molar-refractivity contribution in [3.63, 3.8) is 0 Å². The molecule has 72 valence electrons. The zero-order valence-electron chi connectivity index (χ0n) is 7.41. The number of nitrogens with zero attached hydrogens (tertiary/aromatic N) is 1. The molecule has 0 saturated carbocycles. The molecular weight excluding hydrogens is 176 g/mol. The molecule has 0 spiro atoms. The third-order valence-electron chi connectivity index (χ3n) is 2.04. The van der Waals surface area contributed by atoms with Gasteiger partial charge in [0.15, 0.2) is 0 Å². The van der Waals surface area contributed by atoms with Crippen molar-refractivity contribution in [3.8, 4) is 0 Å². The van der Waals surface area contributed by atoms with Gasteiger partial charge in [0.2, 0.25) is 10.0 Å². The maximum atomic E-state index is 11.5. The number of hydrogen-bond acceptors (Lipinski definition) is 3. The standard InChI is InChI=1S/C7H16N2O2S/c1-2-9-6-5-8-4-3-7-12(9,10)11/h8H,2-7H2,1H3. The Balaban J connectivity index is 2.66. The molecule has 4 nitrogen and oxygen atoms in total. The Hall–Kier alpha value is -0.130. The molecule has 1 N–H and O–H groups in total. The van der Waals surface area contributed by atoms with Crippen LogP contribution in [0.2, 0.25) is 0 Å². The first-order valence-electron chi connectivity index (χ1n) is 4.35. The van der Waals surface area contributed by atoms with Crippen molar-refractivity contribution in [3.05, 3.63) is 0 Å². The van der Waals surface area contributed by atoms with Gasteiger partial charge in [0, 0.05) is 19.6 Å². The summed E-state index contributed by atoms with van der Waals surface area (Å²) in [5.74, 6) is 0.286. The molecule has 1 heterocycles. The average Bonchev–Trinajstić information content (AvgIpc) is 1.99. The van der Waals surface area contributed by atoms with Crippen molar-refractivity contribution in [1.29, 1.82) is 0 Å². The SMILES string of the molecule is CCN1CCNCCCS1(=O)=O. The van der Waals surface area contributed by atoms with Crippen molar-refractivity contribution in [2.24, 2.45) is 0 Å². The van der Waals surface area contributed by atoms with Gasteiger partial charge in [-0.3, -0.25) is 0 Å². The van der Waals surface area contributed by atoms with Crippen molar-refractivity contribution in [2.45, 2.75) is 13.3 Å². The number of hydrogen-bond donors (Lipinski definition) is 1. The van der Waals surface area contributed by atoms with Crippen LogP contribution in [0.1, 0.15) is 13.3 Å². The van der Waals surface area contributed by atoms with E-state index in [9.17, 15) is 8.42 Å². The molecule has 0 amide bonds. The van der Waals surface area contributed by atoms with Crippen molar-refractivity contribution >= 4 is 10.0 Å². The summed E-state index contributed by atoms with van der Waals surface area (Å²) in [5.41, 5.74) is 0. The lowest BCUT2D eigenvalue weighted by Crippen LogP contribution is -2.41. The lowest BCUT2D eigenvalue weighted by molar-refractivity contribution is 0.409. The van der Waals surface area contributed by atoms with Gasteiger partial charge in [-0.25, -0.2) is 12.7 Å². The molecule has 0 radical (unpaired) electrons. The van der Waals surface area contributed by atoms with E-state index in [0.29, 0.717) is 13.1 Å². The predicted molar refractivity (Wildman–Crippen MR) is 48.5 cm³/mol. The second-order valence-electron chi connectivity index (χ2n) is 2.91. The minimum atomic E-state index is -2.94. The molecule has 1 aliphatic heterocycles. The summed E-state index contributed by atoms with van der Waals surface area (Å²) in [4.78, 5) is 0. The summed E-state index contributed by atoms with van der Waals surface area (Å²) in [6.07, 6.45) is 0.721. The number of nitrogens with one attached hydrogen (secondary N) is 1. The van der Waals surface area contributed by atoms with Gasteiger partial charge in [-0.15, -0.1) is 0 Å². The van der Waals surface area contributed by atoms with E-state index in [2.05, 4.69) is 5.32 Å². The van der Waals surface area contributed by atoms with Crippen LogP contribution < -0.4 is 5.32 Å². The van der Waals surface area contributed by atoms with Crippen molar-refractivity contribution in [1.82, 2.24) is 9.62 Å². The second kappa shape index (κ2) is 4.20. The zero-order valence-corrected chi connectivity index (χ0v) is 8.23. The highest BCUT2D eigenvalue weighted by molar-refractivity contribution is 7.89. The molecule has 1 aliphatic rings. The highest BCUT2D eigenvalue weighted by atomic mass is 32.2. The Kier molecular flexibility index (Phi) is 3.49. The molecule has 12 heavy (non-hydrogen) atoms. The van der Waals surface area contributed by atoms with Gasteiger partial charge in [0.05, 0.1) is 5.75 Å². The summed E-state index contributed by atoms with van der Waals surface area (Å²) in [6.45, 7) is 4.66. The van der Waals surface area contributed by atoms with Crippen LogP contribution in [0.5, 0.6) is 0 Å². The van der Waals surface area contributed by atoms with Crippen LogP contribution in [0.25, 0.3) is 0 Å². The molecule has 0 aromatic rings. The number of rotatable bonds is 1. The molecule has 1 rings (SSSR count). The Morgan fingerprint density at radius 3 is 2.83 bits per heavy atom. The lowest BCUT2D eigenvalue weighted by Gasteiger charge is -2.22. The van der Waals surface area contributed by atoms with E-state index in [-0.39, 0.29) is 5.75 Å². The fourth-order valence-corrected chi connectivity index (χ4v) is 2.86.